The molecule has 1 aliphatic carbocycles. The van der Waals surface area contributed by atoms with Crippen molar-refractivity contribution in [3.8, 4) is 0 Å². The zero-order valence-electron chi connectivity index (χ0n) is 11.7. The van der Waals surface area contributed by atoms with Crippen molar-refractivity contribution in [2.45, 2.75) is 32.2 Å². The molecule has 3 N–H and O–H groups in total. The van der Waals surface area contributed by atoms with Gasteiger partial charge in [-0.2, -0.15) is 0 Å². The lowest BCUT2D eigenvalue weighted by Gasteiger charge is -2.17. The number of hydrogen-bond acceptors (Lipinski definition) is 3. The molecule has 4 heteroatoms. The van der Waals surface area contributed by atoms with E-state index in [1.807, 2.05) is 24.3 Å². The molecule has 2 rings (SSSR count). The molecule has 20 heavy (non-hydrogen) atoms. The van der Waals surface area contributed by atoms with Gasteiger partial charge in [0.2, 0.25) is 0 Å². The van der Waals surface area contributed by atoms with Gasteiger partial charge in [-0.15, -0.1) is 0 Å². The topological polar surface area (TPSA) is 69.6 Å². The number of nitrogens with one attached hydrogen (secondary N) is 1. The minimum Gasteiger partial charge on any atom is -0.481 e. The molecule has 1 aromatic rings. The molecule has 0 amide bonds. The van der Waals surface area contributed by atoms with Crippen LogP contribution in [-0.4, -0.2) is 29.3 Å². The van der Waals surface area contributed by atoms with Crippen molar-refractivity contribution in [1.29, 1.82) is 0 Å². The summed E-state index contributed by atoms with van der Waals surface area (Å²) in [6, 6.07) is 7.70. The molecule has 0 heterocycles. The molecule has 1 aliphatic rings. The number of aliphatic hydroxyl groups excluding tert-OH is 1. The number of benzene rings is 1. The molecule has 0 bridgehead atoms. The van der Waals surface area contributed by atoms with Gasteiger partial charge in [0.05, 0.1) is 6.42 Å². The van der Waals surface area contributed by atoms with Gasteiger partial charge in [0.1, 0.15) is 0 Å². The SMILES string of the molecule is O=C(O)Cc1ccc(CNCC2CCCC2CO)cc1. The molecule has 0 spiro atoms. The summed E-state index contributed by atoms with van der Waals surface area (Å²) in [6.45, 7) is 2.04. The van der Waals surface area contributed by atoms with E-state index in [-0.39, 0.29) is 6.42 Å². The highest BCUT2D eigenvalue weighted by Crippen LogP contribution is 2.30. The Morgan fingerprint density at radius 2 is 1.80 bits per heavy atom. The monoisotopic (exact) mass is 277 g/mol. The maximum absolute atomic E-state index is 10.6. The van der Waals surface area contributed by atoms with Crippen LogP contribution in [0.25, 0.3) is 0 Å². The van der Waals surface area contributed by atoms with Crippen molar-refractivity contribution in [2.75, 3.05) is 13.2 Å². The first-order valence-corrected chi connectivity index (χ1v) is 7.30. The van der Waals surface area contributed by atoms with Gasteiger partial charge >= 0.3 is 5.97 Å². The maximum atomic E-state index is 10.6. The quantitative estimate of drug-likeness (QED) is 0.711. The highest BCUT2D eigenvalue weighted by Gasteiger charge is 2.25. The van der Waals surface area contributed by atoms with E-state index in [0.29, 0.717) is 18.4 Å². The third kappa shape index (κ3) is 4.32. The molecule has 1 aromatic carbocycles. The average molecular weight is 277 g/mol. The Morgan fingerprint density at radius 1 is 1.15 bits per heavy atom. The predicted molar refractivity (Wildman–Crippen MR) is 77.4 cm³/mol. The number of aliphatic carboxylic acids is 1. The Hall–Kier alpha value is -1.39. The summed E-state index contributed by atoms with van der Waals surface area (Å²) in [7, 11) is 0. The highest BCUT2D eigenvalue weighted by molar-refractivity contribution is 5.70. The maximum Gasteiger partial charge on any atom is 0.307 e. The first-order chi connectivity index (χ1) is 9.69. The summed E-state index contributed by atoms with van der Waals surface area (Å²) < 4.78 is 0. The Labute approximate surface area is 119 Å². The lowest BCUT2D eigenvalue weighted by Crippen LogP contribution is -2.26. The fourth-order valence-corrected chi connectivity index (χ4v) is 2.97. The zero-order valence-corrected chi connectivity index (χ0v) is 11.7. The van der Waals surface area contributed by atoms with Crippen LogP contribution in [0.15, 0.2) is 24.3 Å². The fourth-order valence-electron chi connectivity index (χ4n) is 2.97. The number of carbonyl (C=O) groups is 1. The second kappa shape index (κ2) is 7.41. The van der Waals surface area contributed by atoms with Crippen LogP contribution < -0.4 is 5.32 Å². The summed E-state index contributed by atoms with van der Waals surface area (Å²) >= 11 is 0. The number of aliphatic hydroxyl groups is 1. The average Bonchev–Trinajstić information content (AvgIpc) is 2.87. The van der Waals surface area contributed by atoms with Crippen LogP contribution in [0.1, 0.15) is 30.4 Å². The minimum absolute atomic E-state index is 0.0773. The van der Waals surface area contributed by atoms with Crippen molar-refractivity contribution >= 4 is 5.97 Å². The molecule has 0 aromatic heterocycles. The third-order valence-corrected chi connectivity index (χ3v) is 4.16. The summed E-state index contributed by atoms with van der Waals surface area (Å²) in [5.74, 6) is 0.249. The number of carboxylic acids is 1. The summed E-state index contributed by atoms with van der Waals surface area (Å²) in [5.41, 5.74) is 2.00. The smallest absolute Gasteiger partial charge is 0.307 e. The molecule has 0 radical (unpaired) electrons. The van der Waals surface area contributed by atoms with E-state index in [4.69, 9.17) is 5.11 Å². The molecule has 2 atom stereocenters. The normalized spacial score (nSPS) is 22.1. The molecule has 0 saturated heterocycles. The van der Waals surface area contributed by atoms with Crippen LogP contribution in [-0.2, 0) is 17.8 Å². The second-order valence-corrected chi connectivity index (χ2v) is 5.65. The Balaban J connectivity index is 1.75. The molecule has 4 nitrogen and oxygen atoms in total. The molecular weight excluding hydrogens is 254 g/mol. The Morgan fingerprint density at radius 3 is 2.45 bits per heavy atom. The van der Waals surface area contributed by atoms with Gasteiger partial charge in [-0.1, -0.05) is 30.7 Å². The van der Waals surface area contributed by atoms with Crippen molar-refractivity contribution < 1.29 is 15.0 Å². The Bertz CT molecular complexity index is 430. The second-order valence-electron chi connectivity index (χ2n) is 5.65. The third-order valence-electron chi connectivity index (χ3n) is 4.16. The van der Waals surface area contributed by atoms with Crippen LogP contribution >= 0.6 is 0 Å². The van der Waals surface area contributed by atoms with E-state index in [0.717, 1.165) is 30.6 Å². The van der Waals surface area contributed by atoms with Crippen LogP contribution in [0, 0.1) is 11.8 Å². The molecule has 1 saturated carbocycles. The van der Waals surface area contributed by atoms with Gasteiger partial charge in [-0.05, 0) is 42.3 Å². The summed E-state index contributed by atoms with van der Waals surface area (Å²) in [6.07, 6.45) is 3.65. The lowest BCUT2D eigenvalue weighted by atomic mass is 9.97. The van der Waals surface area contributed by atoms with Crippen LogP contribution in [0.2, 0.25) is 0 Å². The van der Waals surface area contributed by atoms with E-state index >= 15 is 0 Å². The van der Waals surface area contributed by atoms with E-state index in [1.165, 1.54) is 12.8 Å². The van der Waals surface area contributed by atoms with Crippen LogP contribution in [0.5, 0.6) is 0 Å². The minimum atomic E-state index is -0.799. The van der Waals surface area contributed by atoms with E-state index in [1.54, 1.807) is 0 Å². The van der Waals surface area contributed by atoms with Crippen molar-refractivity contribution in [1.82, 2.24) is 5.32 Å². The van der Waals surface area contributed by atoms with Gasteiger partial charge in [0, 0.05) is 13.2 Å². The largest absolute Gasteiger partial charge is 0.481 e. The molecule has 2 unspecified atom stereocenters. The van der Waals surface area contributed by atoms with Gasteiger partial charge in [0.25, 0.3) is 0 Å². The van der Waals surface area contributed by atoms with Crippen LogP contribution in [0.3, 0.4) is 0 Å². The first kappa shape index (κ1) is 15.0. The molecular formula is C16H23NO3. The van der Waals surface area contributed by atoms with Crippen molar-refractivity contribution in [3.05, 3.63) is 35.4 Å². The first-order valence-electron chi connectivity index (χ1n) is 7.30. The number of hydrogen-bond donors (Lipinski definition) is 3. The van der Waals surface area contributed by atoms with Crippen LogP contribution in [0.4, 0.5) is 0 Å². The van der Waals surface area contributed by atoms with Crippen molar-refractivity contribution in [2.24, 2.45) is 11.8 Å². The van der Waals surface area contributed by atoms with Crippen molar-refractivity contribution in [3.63, 3.8) is 0 Å². The summed E-state index contributed by atoms with van der Waals surface area (Å²) in [5, 5.41) is 21.4. The molecule has 1 fully saturated rings. The zero-order chi connectivity index (χ0) is 14.4. The highest BCUT2D eigenvalue weighted by atomic mass is 16.4. The molecule has 110 valence electrons. The van der Waals surface area contributed by atoms with E-state index < -0.39 is 5.97 Å². The van der Waals surface area contributed by atoms with Gasteiger partial charge in [-0.3, -0.25) is 4.79 Å². The van der Waals surface area contributed by atoms with E-state index in [2.05, 4.69) is 5.32 Å². The fraction of sp³-hybridized carbons (Fsp3) is 0.562. The van der Waals surface area contributed by atoms with Gasteiger partial charge < -0.3 is 15.5 Å². The summed E-state index contributed by atoms with van der Waals surface area (Å²) in [4.78, 5) is 10.6. The molecule has 0 aliphatic heterocycles. The van der Waals surface area contributed by atoms with Gasteiger partial charge in [-0.25, -0.2) is 0 Å². The number of rotatable bonds is 7. The standard InChI is InChI=1S/C16H23NO3/c18-11-15-3-1-2-14(15)10-17-9-13-6-4-12(5-7-13)8-16(19)20/h4-7,14-15,17-18H,1-3,8-11H2,(H,19,20). The van der Waals surface area contributed by atoms with E-state index in [9.17, 15) is 9.90 Å². The number of carboxylic acid groups (broad SMARTS) is 1. The predicted octanol–water partition coefficient (Wildman–Crippen LogP) is 1.81. The lowest BCUT2D eigenvalue weighted by molar-refractivity contribution is -0.136. The van der Waals surface area contributed by atoms with Gasteiger partial charge in [0.15, 0.2) is 0 Å². The Kier molecular flexibility index (Phi) is 5.56.